The molecule has 2 heterocycles. The van der Waals surface area contributed by atoms with Crippen LogP contribution in [0.1, 0.15) is 13.2 Å². The van der Waals surface area contributed by atoms with Gasteiger partial charge in [0.1, 0.15) is 18.5 Å². The molecule has 2 rings (SSSR count). The van der Waals surface area contributed by atoms with Gasteiger partial charge in [0.15, 0.2) is 12.3 Å². The van der Waals surface area contributed by atoms with Gasteiger partial charge in [-0.15, -0.1) is 0 Å². The number of carbonyl (C=O) groups is 1. The number of anilines is 1. The molecule has 1 aliphatic heterocycles. The van der Waals surface area contributed by atoms with Crippen LogP contribution in [-0.2, 0) is 14.3 Å². The Labute approximate surface area is 112 Å². The normalized spacial score (nSPS) is 29.4. The van der Waals surface area contributed by atoms with Crippen LogP contribution in [0.15, 0.2) is 11.1 Å². The van der Waals surface area contributed by atoms with E-state index < -0.39 is 42.8 Å². The average molecular weight is 286 g/mol. The van der Waals surface area contributed by atoms with Crippen LogP contribution in [-0.4, -0.2) is 55.6 Å². The highest BCUT2D eigenvalue weighted by atomic mass is 16.6. The highest BCUT2D eigenvalue weighted by Gasteiger charge is 2.47. The zero-order valence-corrected chi connectivity index (χ0v) is 10.5. The van der Waals surface area contributed by atoms with Gasteiger partial charge in [-0.05, 0) is 0 Å². The molecule has 0 unspecified atom stereocenters. The molecular formula is C10H14N4O6. The topological polar surface area (TPSA) is 150 Å². The lowest BCUT2D eigenvalue weighted by molar-refractivity contribution is -0.156. The van der Waals surface area contributed by atoms with Crippen LogP contribution in [0.4, 0.5) is 5.95 Å². The fourth-order valence-corrected chi connectivity index (χ4v) is 1.94. The Morgan fingerprint density at radius 1 is 1.65 bits per heavy atom. The lowest BCUT2D eigenvalue weighted by Crippen LogP contribution is -2.39. The molecule has 0 saturated carbocycles. The second kappa shape index (κ2) is 5.53. The van der Waals surface area contributed by atoms with Gasteiger partial charge in [0.05, 0.1) is 6.61 Å². The Kier molecular flexibility index (Phi) is 3.97. The number of aliphatic hydroxyl groups is 2. The van der Waals surface area contributed by atoms with Gasteiger partial charge in [-0.2, -0.15) is 4.98 Å². The van der Waals surface area contributed by atoms with E-state index in [0.29, 0.717) is 0 Å². The van der Waals surface area contributed by atoms with Crippen molar-refractivity contribution in [3.05, 3.63) is 16.8 Å². The molecule has 0 aromatic carbocycles. The Balaban J connectivity index is 2.36. The number of hydrogen-bond donors (Lipinski definition) is 3. The predicted molar refractivity (Wildman–Crippen MR) is 63.3 cm³/mol. The maximum atomic E-state index is 11.7. The summed E-state index contributed by atoms with van der Waals surface area (Å²) in [5, 5.41) is 19.0. The van der Waals surface area contributed by atoms with E-state index in [1.807, 2.05) is 0 Å². The molecule has 0 bridgehead atoms. The van der Waals surface area contributed by atoms with Crippen LogP contribution in [0.2, 0.25) is 0 Å². The fourth-order valence-electron chi connectivity index (χ4n) is 1.94. The molecule has 0 spiro atoms. The first-order valence-corrected chi connectivity index (χ1v) is 5.76. The van der Waals surface area contributed by atoms with E-state index in [1.54, 1.807) is 0 Å². The van der Waals surface area contributed by atoms with E-state index in [2.05, 4.69) is 9.97 Å². The minimum Gasteiger partial charge on any atom is -0.455 e. The SMILES string of the molecule is CC(=O)O[C@@H]1[C@H](O)[C@@H](CO)O[C@H]1n1cnc(N)nc1=O. The monoisotopic (exact) mass is 286 g/mol. The summed E-state index contributed by atoms with van der Waals surface area (Å²) in [5.41, 5.74) is 4.50. The molecule has 0 radical (unpaired) electrons. The van der Waals surface area contributed by atoms with Gasteiger partial charge in [-0.3, -0.25) is 9.36 Å². The van der Waals surface area contributed by atoms with Crippen LogP contribution in [0.3, 0.4) is 0 Å². The summed E-state index contributed by atoms with van der Waals surface area (Å²) < 4.78 is 11.2. The molecule has 0 aliphatic carbocycles. The second-order valence-electron chi connectivity index (χ2n) is 4.22. The Morgan fingerprint density at radius 2 is 2.35 bits per heavy atom. The molecule has 4 N–H and O–H groups in total. The summed E-state index contributed by atoms with van der Waals surface area (Å²) >= 11 is 0. The van der Waals surface area contributed by atoms with E-state index >= 15 is 0 Å². The average Bonchev–Trinajstić information content (AvgIpc) is 2.66. The first-order chi connectivity index (χ1) is 9.43. The summed E-state index contributed by atoms with van der Waals surface area (Å²) in [7, 11) is 0. The molecule has 1 aromatic rings. The van der Waals surface area contributed by atoms with Crippen molar-refractivity contribution in [2.45, 2.75) is 31.5 Å². The van der Waals surface area contributed by atoms with Crippen LogP contribution >= 0.6 is 0 Å². The van der Waals surface area contributed by atoms with Crippen molar-refractivity contribution in [2.24, 2.45) is 0 Å². The second-order valence-corrected chi connectivity index (χ2v) is 4.22. The molecule has 1 aromatic heterocycles. The van der Waals surface area contributed by atoms with E-state index in [0.717, 1.165) is 17.8 Å². The van der Waals surface area contributed by atoms with Crippen LogP contribution in [0.5, 0.6) is 0 Å². The largest absolute Gasteiger partial charge is 0.455 e. The molecule has 20 heavy (non-hydrogen) atoms. The zero-order chi connectivity index (χ0) is 14.9. The van der Waals surface area contributed by atoms with E-state index in [9.17, 15) is 14.7 Å². The van der Waals surface area contributed by atoms with Crippen molar-refractivity contribution in [3.8, 4) is 0 Å². The van der Waals surface area contributed by atoms with Gasteiger partial charge in [0.2, 0.25) is 5.95 Å². The molecule has 1 saturated heterocycles. The van der Waals surface area contributed by atoms with Gasteiger partial charge < -0.3 is 25.4 Å². The van der Waals surface area contributed by atoms with Gasteiger partial charge in [-0.25, -0.2) is 9.78 Å². The zero-order valence-electron chi connectivity index (χ0n) is 10.5. The van der Waals surface area contributed by atoms with Gasteiger partial charge in [0, 0.05) is 6.92 Å². The van der Waals surface area contributed by atoms with Crippen molar-refractivity contribution >= 4 is 11.9 Å². The summed E-state index contributed by atoms with van der Waals surface area (Å²) in [5.74, 6) is -0.877. The third-order valence-electron chi connectivity index (χ3n) is 2.81. The molecule has 110 valence electrons. The highest BCUT2D eigenvalue weighted by molar-refractivity contribution is 5.66. The minimum absolute atomic E-state index is 0.215. The smallest absolute Gasteiger partial charge is 0.354 e. The van der Waals surface area contributed by atoms with Crippen molar-refractivity contribution in [2.75, 3.05) is 12.3 Å². The summed E-state index contributed by atoms with van der Waals surface area (Å²) in [6, 6.07) is 0. The molecule has 1 fully saturated rings. The van der Waals surface area contributed by atoms with Crippen LogP contribution in [0.25, 0.3) is 0 Å². The standard InChI is InChI=1S/C10H14N4O6/c1-4(16)19-7-6(17)5(2-15)20-8(7)14-3-12-9(11)13-10(14)18/h3,5-8,15,17H,2H2,1H3,(H2,11,13,18)/t5-,6-,7-,8-/m1/s1. The van der Waals surface area contributed by atoms with Crippen molar-refractivity contribution in [3.63, 3.8) is 0 Å². The number of nitrogens with two attached hydrogens (primary N) is 1. The molecule has 10 nitrogen and oxygen atoms in total. The third-order valence-corrected chi connectivity index (χ3v) is 2.81. The van der Waals surface area contributed by atoms with Crippen molar-refractivity contribution in [1.29, 1.82) is 0 Å². The lowest BCUT2D eigenvalue weighted by atomic mass is 10.1. The minimum atomic E-state index is -1.28. The maximum Gasteiger partial charge on any atom is 0.354 e. The number of esters is 1. The number of aliphatic hydroxyl groups excluding tert-OH is 2. The quantitative estimate of drug-likeness (QED) is 0.508. The number of ether oxygens (including phenoxy) is 2. The van der Waals surface area contributed by atoms with Gasteiger partial charge in [-0.1, -0.05) is 0 Å². The third kappa shape index (κ3) is 2.61. The number of carbonyl (C=O) groups excluding carboxylic acids is 1. The van der Waals surface area contributed by atoms with Crippen LogP contribution < -0.4 is 11.4 Å². The number of nitrogen functional groups attached to an aromatic ring is 1. The molecule has 4 atom stereocenters. The van der Waals surface area contributed by atoms with Gasteiger partial charge >= 0.3 is 11.7 Å². The Bertz CT molecular complexity index is 561. The lowest BCUT2D eigenvalue weighted by Gasteiger charge is -2.20. The molecule has 0 amide bonds. The first kappa shape index (κ1) is 14.4. The van der Waals surface area contributed by atoms with E-state index in [4.69, 9.17) is 20.3 Å². The number of nitrogens with zero attached hydrogens (tertiary/aromatic N) is 3. The molecule has 10 heteroatoms. The highest BCUT2D eigenvalue weighted by Crippen LogP contribution is 2.30. The number of aromatic nitrogens is 3. The first-order valence-electron chi connectivity index (χ1n) is 5.76. The van der Waals surface area contributed by atoms with E-state index in [1.165, 1.54) is 0 Å². The number of hydrogen-bond acceptors (Lipinski definition) is 9. The van der Waals surface area contributed by atoms with Crippen molar-refractivity contribution < 1.29 is 24.5 Å². The molecule has 1 aliphatic rings. The molecular weight excluding hydrogens is 272 g/mol. The summed E-state index contributed by atoms with van der Waals surface area (Å²) in [6.45, 7) is 0.651. The Morgan fingerprint density at radius 3 is 2.90 bits per heavy atom. The Hall–Kier alpha value is -2.04. The summed E-state index contributed by atoms with van der Waals surface area (Å²) in [4.78, 5) is 29.8. The van der Waals surface area contributed by atoms with Gasteiger partial charge in [0.25, 0.3) is 0 Å². The fraction of sp³-hybridized carbons (Fsp3) is 0.600. The van der Waals surface area contributed by atoms with Crippen LogP contribution in [0, 0.1) is 0 Å². The summed E-state index contributed by atoms with van der Waals surface area (Å²) in [6.07, 6.45) is -3.50. The maximum absolute atomic E-state index is 11.7. The van der Waals surface area contributed by atoms with E-state index in [-0.39, 0.29) is 5.95 Å². The van der Waals surface area contributed by atoms with Crippen molar-refractivity contribution in [1.82, 2.24) is 14.5 Å². The number of rotatable bonds is 3. The predicted octanol–water partition coefficient (Wildman–Crippen LogP) is -2.60.